The van der Waals surface area contributed by atoms with Crippen molar-refractivity contribution in [3.05, 3.63) is 12.7 Å². The molecule has 3 heterocycles. The van der Waals surface area contributed by atoms with E-state index in [9.17, 15) is 5.11 Å². The predicted molar refractivity (Wildman–Crippen MR) is 71.3 cm³/mol. The standard InChI is InChI=1S/C12H17N5O3/c1-16(2)11-10-12(14-5-13-11)17(6-15-10)9-3-7(19)8(4-18)20-9/h5-9,18-19H,3-4H2,1-2H3. The Bertz CT molecular complexity index is 614. The van der Waals surface area contributed by atoms with E-state index in [1.54, 1.807) is 10.9 Å². The van der Waals surface area contributed by atoms with E-state index in [1.165, 1.54) is 6.33 Å². The van der Waals surface area contributed by atoms with Gasteiger partial charge >= 0.3 is 0 Å². The van der Waals surface area contributed by atoms with E-state index < -0.39 is 12.2 Å². The van der Waals surface area contributed by atoms with Crippen molar-refractivity contribution in [3.8, 4) is 0 Å². The van der Waals surface area contributed by atoms with Gasteiger partial charge in [0.1, 0.15) is 18.7 Å². The van der Waals surface area contributed by atoms with Gasteiger partial charge in [-0.15, -0.1) is 0 Å². The van der Waals surface area contributed by atoms with Crippen LogP contribution in [-0.2, 0) is 4.74 Å². The highest BCUT2D eigenvalue weighted by Crippen LogP contribution is 2.31. The number of hydrogen-bond donors (Lipinski definition) is 2. The van der Waals surface area contributed by atoms with Crippen molar-refractivity contribution in [2.24, 2.45) is 0 Å². The normalized spacial score (nSPS) is 26.3. The van der Waals surface area contributed by atoms with Crippen molar-refractivity contribution in [2.45, 2.75) is 24.9 Å². The molecule has 0 saturated carbocycles. The zero-order valence-electron chi connectivity index (χ0n) is 11.3. The Morgan fingerprint density at radius 1 is 1.40 bits per heavy atom. The van der Waals surface area contributed by atoms with Crippen molar-refractivity contribution in [2.75, 3.05) is 25.6 Å². The number of aromatic nitrogens is 4. The number of ether oxygens (including phenoxy) is 1. The summed E-state index contributed by atoms with van der Waals surface area (Å²) >= 11 is 0. The van der Waals surface area contributed by atoms with Crippen LogP contribution in [-0.4, -0.2) is 62.6 Å². The van der Waals surface area contributed by atoms with Gasteiger partial charge in [0, 0.05) is 20.5 Å². The molecule has 0 spiro atoms. The molecule has 0 amide bonds. The third-order valence-electron chi connectivity index (χ3n) is 3.46. The van der Waals surface area contributed by atoms with Crippen LogP contribution < -0.4 is 4.90 Å². The maximum absolute atomic E-state index is 9.81. The van der Waals surface area contributed by atoms with Gasteiger partial charge in [-0.25, -0.2) is 15.0 Å². The van der Waals surface area contributed by atoms with E-state index >= 15 is 0 Å². The first-order valence-electron chi connectivity index (χ1n) is 6.41. The number of fused-ring (bicyclic) bond motifs is 1. The minimum atomic E-state index is -0.683. The highest BCUT2D eigenvalue weighted by molar-refractivity contribution is 5.83. The number of anilines is 1. The van der Waals surface area contributed by atoms with E-state index in [4.69, 9.17) is 9.84 Å². The Labute approximate surface area is 115 Å². The molecule has 2 aromatic rings. The third-order valence-corrected chi connectivity index (χ3v) is 3.46. The Kier molecular flexibility index (Phi) is 3.28. The van der Waals surface area contributed by atoms with Gasteiger partial charge in [0.25, 0.3) is 0 Å². The molecule has 3 unspecified atom stereocenters. The first-order chi connectivity index (χ1) is 9.61. The minimum Gasteiger partial charge on any atom is -0.394 e. The molecule has 3 atom stereocenters. The summed E-state index contributed by atoms with van der Waals surface area (Å²) < 4.78 is 7.39. The van der Waals surface area contributed by atoms with Gasteiger partial charge in [0.05, 0.1) is 19.0 Å². The molecule has 1 aliphatic rings. The molecule has 8 nitrogen and oxygen atoms in total. The number of aliphatic hydroxyl groups excluding tert-OH is 2. The molecule has 0 radical (unpaired) electrons. The lowest BCUT2D eigenvalue weighted by molar-refractivity contribution is -0.0432. The second-order valence-electron chi connectivity index (χ2n) is 5.03. The molecule has 1 saturated heterocycles. The fourth-order valence-electron chi connectivity index (χ4n) is 2.43. The molecule has 0 aromatic carbocycles. The smallest absolute Gasteiger partial charge is 0.167 e. The highest BCUT2D eigenvalue weighted by Gasteiger charge is 2.35. The zero-order chi connectivity index (χ0) is 14.3. The summed E-state index contributed by atoms with van der Waals surface area (Å²) in [7, 11) is 3.77. The number of rotatable bonds is 3. The van der Waals surface area contributed by atoms with Gasteiger partial charge in [-0.1, -0.05) is 0 Å². The summed E-state index contributed by atoms with van der Waals surface area (Å²) in [6.07, 6.45) is 1.88. The quantitative estimate of drug-likeness (QED) is 0.784. The van der Waals surface area contributed by atoms with Gasteiger partial charge in [-0.05, 0) is 0 Å². The molecule has 0 aliphatic carbocycles. The van der Waals surface area contributed by atoms with Crippen LogP contribution in [0.15, 0.2) is 12.7 Å². The van der Waals surface area contributed by atoms with Crippen LogP contribution in [0.1, 0.15) is 12.6 Å². The minimum absolute atomic E-state index is 0.206. The fraction of sp³-hybridized carbons (Fsp3) is 0.583. The van der Waals surface area contributed by atoms with Crippen LogP contribution in [0.5, 0.6) is 0 Å². The lowest BCUT2D eigenvalue weighted by Crippen LogP contribution is -2.24. The molecule has 0 bridgehead atoms. The van der Waals surface area contributed by atoms with Crippen LogP contribution in [0.25, 0.3) is 11.2 Å². The van der Waals surface area contributed by atoms with Crippen molar-refractivity contribution >= 4 is 17.0 Å². The summed E-state index contributed by atoms with van der Waals surface area (Å²) in [5.41, 5.74) is 1.34. The SMILES string of the molecule is CN(C)c1ncnc2c1ncn2C1CC(O)C(CO)O1. The molecule has 1 fully saturated rings. The van der Waals surface area contributed by atoms with Crippen molar-refractivity contribution in [3.63, 3.8) is 0 Å². The average Bonchev–Trinajstić information content (AvgIpc) is 3.01. The maximum atomic E-state index is 9.81. The van der Waals surface area contributed by atoms with Crippen LogP contribution in [0, 0.1) is 0 Å². The first kappa shape index (κ1) is 13.2. The molecule has 3 rings (SSSR count). The number of aliphatic hydroxyl groups is 2. The summed E-state index contributed by atoms with van der Waals surface area (Å²) in [6, 6.07) is 0. The van der Waals surface area contributed by atoms with Gasteiger partial charge < -0.3 is 19.8 Å². The summed E-state index contributed by atoms with van der Waals surface area (Å²) in [4.78, 5) is 14.6. The van der Waals surface area contributed by atoms with E-state index in [0.717, 1.165) is 5.82 Å². The average molecular weight is 279 g/mol. The molecule has 108 valence electrons. The molecule has 2 aromatic heterocycles. The van der Waals surface area contributed by atoms with Crippen LogP contribution >= 0.6 is 0 Å². The van der Waals surface area contributed by atoms with Gasteiger partial charge in [-0.2, -0.15) is 0 Å². The predicted octanol–water partition coefficient (Wildman–Crippen LogP) is -0.467. The monoisotopic (exact) mass is 279 g/mol. The molecule has 20 heavy (non-hydrogen) atoms. The first-order valence-corrected chi connectivity index (χ1v) is 6.41. The van der Waals surface area contributed by atoms with Gasteiger partial charge in [0.2, 0.25) is 0 Å². The van der Waals surface area contributed by atoms with Crippen molar-refractivity contribution < 1.29 is 14.9 Å². The topological polar surface area (TPSA) is 96.5 Å². The lowest BCUT2D eigenvalue weighted by Gasteiger charge is -2.14. The number of imidazole rings is 1. The zero-order valence-corrected chi connectivity index (χ0v) is 11.3. The van der Waals surface area contributed by atoms with Gasteiger partial charge in [0.15, 0.2) is 17.0 Å². The Morgan fingerprint density at radius 3 is 2.85 bits per heavy atom. The maximum Gasteiger partial charge on any atom is 0.167 e. The molecular formula is C12H17N5O3. The number of hydrogen-bond acceptors (Lipinski definition) is 7. The fourth-order valence-corrected chi connectivity index (χ4v) is 2.43. The Balaban J connectivity index is 2.00. The van der Waals surface area contributed by atoms with Crippen LogP contribution in [0.4, 0.5) is 5.82 Å². The van der Waals surface area contributed by atoms with E-state index in [1.807, 2.05) is 19.0 Å². The van der Waals surface area contributed by atoms with E-state index in [2.05, 4.69) is 15.0 Å². The van der Waals surface area contributed by atoms with Crippen molar-refractivity contribution in [1.29, 1.82) is 0 Å². The van der Waals surface area contributed by atoms with Crippen LogP contribution in [0.3, 0.4) is 0 Å². The van der Waals surface area contributed by atoms with E-state index in [0.29, 0.717) is 17.6 Å². The summed E-state index contributed by atoms with van der Waals surface area (Å²) in [5.74, 6) is 0.728. The van der Waals surface area contributed by atoms with Crippen LogP contribution in [0.2, 0.25) is 0 Å². The molecule has 1 aliphatic heterocycles. The van der Waals surface area contributed by atoms with Crippen molar-refractivity contribution in [1.82, 2.24) is 19.5 Å². The second-order valence-corrected chi connectivity index (χ2v) is 5.03. The largest absolute Gasteiger partial charge is 0.394 e. The molecule has 8 heteroatoms. The number of nitrogens with zero attached hydrogens (tertiary/aromatic N) is 5. The van der Waals surface area contributed by atoms with E-state index in [-0.39, 0.29) is 12.8 Å². The third kappa shape index (κ3) is 2.01. The van der Waals surface area contributed by atoms with Gasteiger partial charge in [-0.3, -0.25) is 4.57 Å². The Morgan fingerprint density at radius 2 is 2.20 bits per heavy atom. The summed E-state index contributed by atoms with van der Waals surface area (Å²) in [6.45, 7) is -0.206. The Hall–Kier alpha value is -1.77. The lowest BCUT2D eigenvalue weighted by atomic mass is 10.2. The highest BCUT2D eigenvalue weighted by atomic mass is 16.5. The molecule has 2 N–H and O–H groups in total. The second kappa shape index (κ2) is 4.97. The summed E-state index contributed by atoms with van der Waals surface area (Å²) in [5, 5.41) is 19.0. The molecular weight excluding hydrogens is 262 g/mol.